The van der Waals surface area contributed by atoms with Gasteiger partial charge in [-0.15, -0.1) is 11.3 Å². The lowest BCUT2D eigenvalue weighted by Gasteiger charge is -2.05. The van der Waals surface area contributed by atoms with Crippen molar-refractivity contribution < 1.29 is 13.6 Å². The molecule has 5 nitrogen and oxygen atoms in total. The Hall–Kier alpha value is -3.06. The first-order valence-corrected chi connectivity index (χ1v) is 9.19. The maximum Gasteiger partial charge on any atom is 0.261 e. The van der Waals surface area contributed by atoms with Gasteiger partial charge in [0.15, 0.2) is 11.6 Å². The van der Waals surface area contributed by atoms with Crippen LogP contribution in [0.5, 0.6) is 0 Å². The highest BCUT2D eigenvalue weighted by Gasteiger charge is 2.20. The Bertz CT molecular complexity index is 1140. The third kappa shape index (κ3) is 3.33. The third-order valence-electron chi connectivity index (χ3n) is 4.26. The van der Waals surface area contributed by atoms with E-state index < -0.39 is 0 Å². The summed E-state index contributed by atoms with van der Waals surface area (Å²) in [5.74, 6) is 0.552. The molecule has 0 fully saturated rings. The van der Waals surface area contributed by atoms with Crippen molar-refractivity contribution in [3.63, 3.8) is 0 Å². The number of rotatable bonds is 4. The topological polar surface area (TPSA) is 68.0 Å². The van der Waals surface area contributed by atoms with E-state index in [4.69, 9.17) is 4.42 Å². The number of fused-ring (bicyclic) bond motifs is 1. The number of furan rings is 1. The molecule has 7 heteroatoms. The van der Waals surface area contributed by atoms with E-state index >= 15 is 0 Å². The Balaban J connectivity index is 1.64. The van der Waals surface area contributed by atoms with Crippen molar-refractivity contribution in [2.75, 3.05) is 0 Å². The van der Waals surface area contributed by atoms with Gasteiger partial charge in [-0.1, -0.05) is 12.1 Å². The van der Waals surface area contributed by atoms with Crippen LogP contribution in [-0.4, -0.2) is 15.9 Å². The van der Waals surface area contributed by atoms with Crippen LogP contribution >= 0.6 is 11.3 Å². The first-order valence-electron chi connectivity index (χ1n) is 8.37. The number of nitrogens with zero attached hydrogens (tertiary/aromatic N) is 2. The summed E-state index contributed by atoms with van der Waals surface area (Å²) >= 11 is 1.32. The average molecular weight is 381 g/mol. The number of aromatic nitrogens is 2. The number of halogens is 1. The zero-order valence-corrected chi connectivity index (χ0v) is 15.6. The van der Waals surface area contributed by atoms with E-state index in [1.807, 2.05) is 13.8 Å². The highest BCUT2D eigenvalue weighted by molar-refractivity contribution is 7.20. The van der Waals surface area contributed by atoms with Crippen molar-refractivity contribution in [1.29, 1.82) is 0 Å². The second kappa shape index (κ2) is 6.92. The molecule has 0 unspecified atom stereocenters. The van der Waals surface area contributed by atoms with Gasteiger partial charge in [-0.3, -0.25) is 4.79 Å². The molecule has 3 aromatic heterocycles. The van der Waals surface area contributed by atoms with Gasteiger partial charge in [-0.25, -0.2) is 14.4 Å². The lowest BCUT2D eigenvalue weighted by molar-refractivity contribution is 0.0954. The maximum atomic E-state index is 13.3. The fourth-order valence-electron chi connectivity index (χ4n) is 2.98. The normalized spacial score (nSPS) is 11.1. The zero-order valence-electron chi connectivity index (χ0n) is 14.7. The molecule has 4 rings (SSSR count). The number of aryl methyl sites for hydroxylation is 2. The molecule has 4 aromatic rings. The molecule has 0 bridgehead atoms. The molecule has 0 atom stereocenters. The van der Waals surface area contributed by atoms with E-state index in [0.29, 0.717) is 22.0 Å². The molecular formula is C20H16FN3O2S. The number of thiophene rings is 1. The Morgan fingerprint density at radius 1 is 1.22 bits per heavy atom. The minimum absolute atomic E-state index is 0.210. The molecule has 0 spiro atoms. The van der Waals surface area contributed by atoms with Gasteiger partial charge in [0, 0.05) is 11.9 Å². The molecule has 0 aliphatic rings. The van der Waals surface area contributed by atoms with Crippen LogP contribution in [0, 0.1) is 19.7 Å². The summed E-state index contributed by atoms with van der Waals surface area (Å²) in [4.78, 5) is 23.0. The lowest BCUT2D eigenvalue weighted by Crippen LogP contribution is -2.22. The van der Waals surface area contributed by atoms with Crippen molar-refractivity contribution in [2.24, 2.45) is 0 Å². The van der Waals surface area contributed by atoms with Gasteiger partial charge in [0.25, 0.3) is 5.91 Å². The van der Waals surface area contributed by atoms with E-state index in [9.17, 15) is 9.18 Å². The molecule has 3 heterocycles. The minimum atomic E-state index is -0.323. The summed E-state index contributed by atoms with van der Waals surface area (Å²) in [6, 6.07) is 9.75. The van der Waals surface area contributed by atoms with Crippen molar-refractivity contribution in [3.8, 4) is 11.6 Å². The van der Waals surface area contributed by atoms with Crippen LogP contribution in [0.25, 0.3) is 21.8 Å². The summed E-state index contributed by atoms with van der Waals surface area (Å²) in [6.45, 7) is 4.04. The summed E-state index contributed by atoms with van der Waals surface area (Å²) in [5.41, 5.74) is 2.35. The molecule has 0 radical (unpaired) electrons. The van der Waals surface area contributed by atoms with Crippen LogP contribution in [0.2, 0.25) is 0 Å². The first kappa shape index (κ1) is 17.4. The van der Waals surface area contributed by atoms with Gasteiger partial charge in [0.1, 0.15) is 10.6 Å². The first-order chi connectivity index (χ1) is 13.0. The van der Waals surface area contributed by atoms with Gasteiger partial charge in [-0.05, 0) is 49.2 Å². The van der Waals surface area contributed by atoms with E-state index in [-0.39, 0.29) is 18.3 Å². The number of carbonyl (C=O) groups excluding carboxylic acids is 1. The van der Waals surface area contributed by atoms with Crippen LogP contribution in [0.1, 0.15) is 26.5 Å². The SMILES string of the molecule is Cc1nc(-c2ccco2)nc2sc(C(=O)NCc3cccc(F)c3)c(C)c12. The van der Waals surface area contributed by atoms with E-state index in [2.05, 4.69) is 15.3 Å². The fraction of sp³-hybridized carbons (Fsp3) is 0.150. The molecule has 1 aromatic carbocycles. The summed E-state index contributed by atoms with van der Waals surface area (Å²) < 4.78 is 18.7. The van der Waals surface area contributed by atoms with Crippen molar-refractivity contribution in [3.05, 3.63) is 70.2 Å². The number of amides is 1. The highest BCUT2D eigenvalue weighted by Crippen LogP contribution is 2.33. The number of carbonyl (C=O) groups is 1. The zero-order chi connectivity index (χ0) is 19.0. The van der Waals surface area contributed by atoms with Crippen LogP contribution in [0.3, 0.4) is 0 Å². The number of nitrogens with one attached hydrogen (secondary N) is 1. The van der Waals surface area contributed by atoms with Gasteiger partial charge in [0.05, 0.1) is 16.8 Å². The standard InChI is InChI=1S/C20H16FN3O2S/c1-11-16-12(2)23-18(15-7-4-8-26-15)24-20(16)27-17(11)19(25)22-10-13-5-3-6-14(21)9-13/h3-9H,10H2,1-2H3,(H,22,25). The third-order valence-corrected chi connectivity index (χ3v) is 5.45. The Morgan fingerprint density at radius 3 is 2.81 bits per heavy atom. The molecule has 136 valence electrons. The summed E-state index contributed by atoms with van der Waals surface area (Å²) in [7, 11) is 0. The van der Waals surface area contributed by atoms with Gasteiger partial charge in [0.2, 0.25) is 0 Å². The number of benzene rings is 1. The molecule has 0 aliphatic heterocycles. The predicted octanol–water partition coefficient (Wildman–Crippen LogP) is 4.64. The second-order valence-electron chi connectivity index (χ2n) is 6.16. The van der Waals surface area contributed by atoms with Gasteiger partial charge in [-0.2, -0.15) is 0 Å². The Morgan fingerprint density at radius 2 is 2.07 bits per heavy atom. The maximum absolute atomic E-state index is 13.3. The van der Waals surface area contributed by atoms with Crippen molar-refractivity contribution in [2.45, 2.75) is 20.4 Å². The van der Waals surface area contributed by atoms with E-state index in [1.54, 1.807) is 30.5 Å². The largest absolute Gasteiger partial charge is 0.461 e. The number of hydrogen-bond donors (Lipinski definition) is 1. The fourth-order valence-corrected chi connectivity index (χ4v) is 4.13. The van der Waals surface area contributed by atoms with E-state index in [1.165, 1.54) is 23.5 Å². The molecule has 1 amide bonds. The lowest BCUT2D eigenvalue weighted by atomic mass is 10.1. The quantitative estimate of drug-likeness (QED) is 0.559. The van der Waals surface area contributed by atoms with Gasteiger partial charge < -0.3 is 9.73 Å². The molecular weight excluding hydrogens is 365 g/mol. The molecule has 0 aliphatic carbocycles. The Kier molecular flexibility index (Phi) is 4.45. The second-order valence-corrected chi connectivity index (χ2v) is 7.16. The van der Waals surface area contributed by atoms with Crippen LogP contribution < -0.4 is 5.32 Å². The number of hydrogen-bond acceptors (Lipinski definition) is 5. The smallest absolute Gasteiger partial charge is 0.261 e. The molecule has 27 heavy (non-hydrogen) atoms. The van der Waals surface area contributed by atoms with E-state index in [0.717, 1.165) is 21.5 Å². The summed E-state index contributed by atoms with van der Waals surface area (Å²) in [5, 5.41) is 3.72. The van der Waals surface area contributed by atoms with Crippen LogP contribution in [-0.2, 0) is 6.54 Å². The monoisotopic (exact) mass is 381 g/mol. The van der Waals surface area contributed by atoms with Crippen LogP contribution in [0.4, 0.5) is 4.39 Å². The Labute approximate surface area is 158 Å². The average Bonchev–Trinajstić information content (AvgIpc) is 3.28. The van der Waals surface area contributed by atoms with Crippen molar-refractivity contribution in [1.82, 2.24) is 15.3 Å². The molecule has 0 saturated heterocycles. The highest BCUT2D eigenvalue weighted by atomic mass is 32.1. The molecule has 1 N–H and O–H groups in total. The minimum Gasteiger partial charge on any atom is -0.461 e. The van der Waals surface area contributed by atoms with Crippen molar-refractivity contribution >= 4 is 27.5 Å². The summed E-state index contributed by atoms with van der Waals surface area (Å²) in [6.07, 6.45) is 1.57. The van der Waals surface area contributed by atoms with Crippen LogP contribution in [0.15, 0.2) is 47.1 Å². The predicted molar refractivity (Wildman–Crippen MR) is 102 cm³/mol. The molecule has 0 saturated carbocycles. The van der Waals surface area contributed by atoms with Gasteiger partial charge >= 0.3 is 0 Å².